The first-order chi connectivity index (χ1) is 12.3. The molecule has 0 aliphatic rings. The Labute approximate surface area is 160 Å². The quantitative estimate of drug-likeness (QED) is 0.615. The molecule has 6 heteroatoms. The Morgan fingerprint density at radius 3 is 1.92 bits per heavy atom. The smallest absolute Gasteiger partial charge is 0.226 e. The molecule has 1 N–H and O–H groups in total. The van der Waals surface area contributed by atoms with Gasteiger partial charge in [-0.25, -0.2) is 4.98 Å². The third-order valence-corrected chi connectivity index (χ3v) is 4.73. The molecule has 1 heterocycles. The predicted octanol–water partition coefficient (Wildman–Crippen LogP) is 3.20. The van der Waals surface area contributed by atoms with Crippen LogP contribution < -0.4 is 5.32 Å². The maximum absolute atomic E-state index is 4.74. The van der Waals surface area contributed by atoms with Gasteiger partial charge in [0, 0.05) is 24.9 Å². The number of nitrogens with one attached hydrogen (secondary N) is 1. The molecule has 0 saturated heterocycles. The van der Waals surface area contributed by atoms with Gasteiger partial charge in [-0.1, -0.05) is 48.5 Å². The number of aromatic nitrogens is 3. The van der Waals surface area contributed by atoms with Gasteiger partial charge in [0.15, 0.2) is 0 Å². The first-order valence-corrected chi connectivity index (χ1v) is 10.3. The zero-order valence-corrected chi connectivity index (χ0v) is 18.1. The molecule has 0 fully saturated rings. The zero-order valence-electron chi connectivity index (χ0n) is 18.1. The highest BCUT2D eigenvalue weighted by molar-refractivity contribution is 5.26. The molecule has 0 spiro atoms. The molecule has 1 aromatic rings. The Hall–Kier alpha value is -1.27. The highest BCUT2D eigenvalue weighted by atomic mass is 15.2. The molecule has 26 heavy (non-hydrogen) atoms. The van der Waals surface area contributed by atoms with Gasteiger partial charge < -0.3 is 15.1 Å². The van der Waals surface area contributed by atoms with Crippen molar-refractivity contribution in [3.05, 3.63) is 11.6 Å². The van der Waals surface area contributed by atoms with Gasteiger partial charge in [0.25, 0.3) is 0 Å². The van der Waals surface area contributed by atoms with Crippen LogP contribution in [0.1, 0.15) is 66.5 Å². The second-order valence-corrected chi connectivity index (χ2v) is 7.73. The van der Waals surface area contributed by atoms with Crippen molar-refractivity contribution in [2.75, 3.05) is 51.1 Å². The van der Waals surface area contributed by atoms with Crippen LogP contribution >= 0.6 is 0 Å². The molecule has 0 amide bonds. The average molecular weight is 365 g/mol. The van der Waals surface area contributed by atoms with E-state index < -0.39 is 0 Å². The summed E-state index contributed by atoms with van der Waals surface area (Å²) in [6, 6.07) is 0. The van der Waals surface area contributed by atoms with E-state index in [1.807, 2.05) is 0 Å². The van der Waals surface area contributed by atoms with E-state index in [4.69, 9.17) is 4.98 Å². The molecule has 0 radical (unpaired) electrons. The van der Waals surface area contributed by atoms with Crippen LogP contribution in [-0.4, -0.2) is 70.6 Å². The van der Waals surface area contributed by atoms with Gasteiger partial charge in [0.2, 0.25) is 5.95 Å². The number of hydrogen-bond acceptors (Lipinski definition) is 6. The summed E-state index contributed by atoms with van der Waals surface area (Å²) in [6.07, 6.45) is 1.97. The second kappa shape index (κ2) is 11.4. The predicted molar refractivity (Wildman–Crippen MR) is 111 cm³/mol. The van der Waals surface area contributed by atoms with Crippen molar-refractivity contribution >= 4 is 5.95 Å². The maximum Gasteiger partial charge on any atom is 0.226 e. The van der Waals surface area contributed by atoms with Crippen molar-refractivity contribution in [3.8, 4) is 0 Å². The Morgan fingerprint density at radius 2 is 1.38 bits per heavy atom. The van der Waals surface area contributed by atoms with Crippen LogP contribution in [0.25, 0.3) is 0 Å². The number of likely N-dealkylation sites (N-methyl/N-ethyl adjacent to an activating group) is 1. The Bertz CT molecular complexity index is 467. The topological polar surface area (TPSA) is 57.2 Å². The minimum Gasteiger partial charge on any atom is -0.353 e. The molecule has 0 aromatic carbocycles. The van der Waals surface area contributed by atoms with Gasteiger partial charge in [0.1, 0.15) is 11.6 Å². The zero-order chi connectivity index (χ0) is 19.6. The maximum atomic E-state index is 4.74. The molecule has 150 valence electrons. The number of anilines is 1. The van der Waals surface area contributed by atoms with Gasteiger partial charge in [0.05, 0.1) is 0 Å². The average Bonchev–Trinajstić information content (AvgIpc) is 2.61. The van der Waals surface area contributed by atoms with Gasteiger partial charge in [-0.15, -0.1) is 0 Å². The normalized spacial score (nSPS) is 12.2. The Kier molecular flexibility index (Phi) is 10.0. The Morgan fingerprint density at radius 1 is 0.808 bits per heavy atom. The first kappa shape index (κ1) is 22.8. The van der Waals surface area contributed by atoms with Gasteiger partial charge in [-0.2, -0.15) is 9.97 Å². The van der Waals surface area contributed by atoms with E-state index in [2.05, 4.69) is 73.6 Å². The van der Waals surface area contributed by atoms with E-state index in [9.17, 15) is 0 Å². The largest absolute Gasteiger partial charge is 0.353 e. The molecule has 0 aliphatic heterocycles. The molecular weight excluding hydrogens is 324 g/mol. The fraction of sp³-hybridized carbons (Fsp3) is 0.850. The minimum atomic E-state index is -0.0775. The van der Waals surface area contributed by atoms with E-state index in [1.165, 1.54) is 0 Å². The number of hydrogen-bond donors (Lipinski definition) is 1. The minimum absolute atomic E-state index is 0.0775. The van der Waals surface area contributed by atoms with E-state index in [0.29, 0.717) is 0 Å². The van der Waals surface area contributed by atoms with Crippen molar-refractivity contribution < 1.29 is 0 Å². The highest BCUT2D eigenvalue weighted by Crippen LogP contribution is 2.19. The third kappa shape index (κ3) is 7.96. The molecule has 0 aliphatic carbocycles. The number of nitrogens with zero attached hydrogens (tertiary/aromatic N) is 5. The molecule has 0 saturated carbocycles. The summed E-state index contributed by atoms with van der Waals surface area (Å²) >= 11 is 0. The number of aryl methyl sites for hydroxylation is 1. The lowest BCUT2D eigenvalue weighted by Crippen LogP contribution is -2.29. The van der Waals surface area contributed by atoms with Gasteiger partial charge in [-0.05, 0) is 39.1 Å². The van der Waals surface area contributed by atoms with Crippen LogP contribution in [0, 0.1) is 0 Å². The van der Waals surface area contributed by atoms with Crippen molar-refractivity contribution in [1.29, 1.82) is 0 Å². The molecule has 0 unspecified atom stereocenters. The summed E-state index contributed by atoms with van der Waals surface area (Å²) in [7, 11) is 0. The molecule has 0 atom stereocenters. The summed E-state index contributed by atoms with van der Waals surface area (Å²) in [4.78, 5) is 18.9. The SMILES string of the molecule is CCN(CC)CCCc1nc(NCCN(CC)CC)nc(C(C)(C)C)n1. The lowest BCUT2D eigenvalue weighted by molar-refractivity contribution is 0.299. The van der Waals surface area contributed by atoms with Crippen LogP contribution in [0.2, 0.25) is 0 Å². The summed E-state index contributed by atoms with van der Waals surface area (Å²) < 4.78 is 0. The molecule has 1 rings (SSSR count). The van der Waals surface area contributed by atoms with E-state index >= 15 is 0 Å². The van der Waals surface area contributed by atoms with Crippen LogP contribution in [0.3, 0.4) is 0 Å². The monoisotopic (exact) mass is 364 g/mol. The lowest BCUT2D eigenvalue weighted by atomic mass is 9.96. The fourth-order valence-electron chi connectivity index (χ4n) is 2.81. The first-order valence-electron chi connectivity index (χ1n) is 10.3. The molecule has 0 bridgehead atoms. The van der Waals surface area contributed by atoms with Crippen molar-refractivity contribution in [3.63, 3.8) is 0 Å². The number of rotatable bonds is 12. The van der Waals surface area contributed by atoms with Crippen LogP contribution in [0.15, 0.2) is 0 Å². The fourth-order valence-corrected chi connectivity index (χ4v) is 2.81. The van der Waals surface area contributed by atoms with Crippen molar-refractivity contribution in [2.24, 2.45) is 0 Å². The molecule has 6 nitrogen and oxygen atoms in total. The summed E-state index contributed by atoms with van der Waals surface area (Å²) in [5.74, 6) is 2.49. The van der Waals surface area contributed by atoms with Crippen molar-refractivity contribution in [2.45, 2.75) is 66.7 Å². The highest BCUT2D eigenvalue weighted by Gasteiger charge is 2.20. The van der Waals surface area contributed by atoms with E-state index in [1.54, 1.807) is 0 Å². The van der Waals surface area contributed by atoms with Crippen LogP contribution in [0.5, 0.6) is 0 Å². The lowest BCUT2D eigenvalue weighted by Gasteiger charge is -2.21. The van der Waals surface area contributed by atoms with Crippen molar-refractivity contribution in [1.82, 2.24) is 24.8 Å². The van der Waals surface area contributed by atoms with Gasteiger partial charge >= 0.3 is 0 Å². The standard InChI is InChI=1S/C20H40N6/c1-8-25(9-2)15-12-13-17-22-18(20(5,6)7)24-19(23-17)21-14-16-26(10-3)11-4/h8-16H2,1-7H3,(H,21,22,23,24). The van der Waals surface area contributed by atoms with Crippen LogP contribution in [-0.2, 0) is 11.8 Å². The molecular formula is C20H40N6. The van der Waals surface area contributed by atoms with E-state index in [-0.39, 0.29) is 5.41 Å². The second-order valence-electron chi connectivity index (χ2n) is 7.73. The Balaban J connectivity index is 2.77. The van der Waals surface area contributed by atoms with Gasteiger partial charge in [-0.3, -0.25) is 0 Å². The van der Waals surface area contributed by atoms with E-state index in [0.717, 1.165) is 76.3 Å². The molecule has 1 aromatic heterocycles. The summed E-state index contributed by atoms with van der Waals surface area (Å²) in [6.45, 7) is 22.5. The summed E-state index contributed by atoms with van der Waals surface area (Å²) in [5, 5.41) is 3.40. The third-order valence-electron chi connectivity index (χ3n) is 4.73. The summed E-state index contributed by atoms with van der Waals surface area (Å²) in [5.41, 5.74) is -0.0775. The van der Waals surface area contributed by atoms with Crippen LogP contribution in [0.4, 0.5) is 5.95 Å².